The zero-order valence-electron chi connectivity index (χ0n) is 13.7. The summed E-state index contributed by atoms with van der Waals surface area (Å²) in [6.45, 7) is 13.0. The van der Waals surface area contributed by atoms with E-state index in [2.05, 4.69) is 62.9 Å². The molecule has 1 heterocycles. The van der Waals surface area contributed by atoms with Gasteiger partial charge in [0.15, 0.2) is 0 Å². The van der Waals surface area contributed by atoms with Crippen molar-refractivity contribution in [3.63, 3.8) is 0 Å². The van der Waals surface area contributed by atoms with Crippen LogP contribution in [0.25, 0.3) is 0 Å². The smallest absolute Gasteiger partial charge is 0.132 e. The standard InChI is InChI=1S/C16H29N3O/c1-13(2)20-11-10-19(6)15-14(8-7-9-17-15)12-18-16(3,4)5/h7-9,13,18H,10-12H2,1-6H3. The van der Waals surface area contributed by atoms with Gasteiger partial charge in [-0.1, -0.05) is 6.07 Å². The molecule has 1 aromatic heterocycles. The van der Waals surface area contributed by atoms with Crippen LogP contribution in [0.4, 0.5) is 5.82 Å². The van der Waals surface area contributed by atoms with Gasteiger partial charge >= 0.3 is 0 Å². The predicted molar refractivity (Wildman–Crippen MR) is 85.2 cm³/mol. The van der Waals surface area contributed by atoms with Gasteiger partial charge in [0.05, 0.1) is 12.7 Å². The molecule has 4 nitrogen and oxygen atoms in total. The lowest BCUT2D eigenvalue weighted by atomic mass is 10.1. The molecule has 4 heteroatoms. The van der Waals surface area contributed by atoms with Gasteiger partial charge in [0.2, 0.25) is 0 Å². The Kier molecular flexibility index (Phi) is 6.43. The van der Waals surface area contributed by atoms with Crippen molar-refractivity contribution in [1.82, 2.24) is 10.3 Å². The van der Waals surface area contributed by atoms with Crippen molar-refractivity contribution in [2.45, 2.75) is 52.8 Å². The zero-order valence-corrected chi connectivity index (χ0v) is 13.7. The van der Waals surface area contributed by atoms with E-state index in [1.165, 1.54) is 5.56 Å². The maximum absolute atomic E-state index is 5.60. The van der Waals surface area contributed by atoms with Gasteiger partial charge in [0, 0.05) is 37.4 Å². The molecule has 0 saturated heterocycles. The molecule has 0 aliphatic heterocycles. The topological polar surface area (TPSA) is 37.4 Å². The molecular formula is C16H29N3O. The molecule has 1 rings (SSSR count). The molecule has 0 saturated carbocycles. The third kappa shape index (κ3) is 6.35. The van der Waals surface area contributed by atoms with Crippen LogP contribution in [0.1, 0.15) is 40.2 Å². The summed E-state index contributed by atoms with van der Waals surface area (Å²) < 4.78 is 5.60. The maximum Gasteiger partial charge on any atom is 0.132 e. The fraction of sp³-hybridized carbons (Fsp3) is 0.688. The van der Waals surface area contributed by atoms with Crippen LogP contribution >= 0.6 is 0 Å². The van der Waals surface area contributed by atoms with Crippen LogP contribution in [-0.2, 0) is 11.3 Å². The van der Waals surface area contributed by atoms with Gasteiger partial charge in [0.25, 0.3) is 0 Å². The van der Waals surface area contributed by atoms with Gasteiger partial charge in [-0.25, -0.2) is 4.98 Å². The average molecular weight is 279 g/mol. The molecule has 20 heavy (non-hydrogen) atoms. The first kappa shape index (κ1) is 16.9. The van der Waals surface area contributed by atoms with Crippen LogP contribution < -0.4 is 10.2 Å². The number of likely N-dealkylation sites (N-methyl/N-ethyl adjacent to an activating group) is 1. The van der Waals surface area contributed by atoms with Gasteiger partial charge < -0.3 is 15.0 Å². The second-order valence-corrected chi connectivity index (χ2v) is 6.43. The lowest BCUT2D eigenvalue weighted by Gasteiger charge is -2.25. The highest BCUT2D eigenvalue weighted by Crippen LogP contribution is 2.16. The van der Waals surface area contributed by atoms with E-state index in [0.717, 1.165) is 25.5 Å². The van der Waals surface area contributed by atoms with Gasteiger partial charge in [-0.05, 0) is 40.7 Å². The van der Waals surface area contributed by atoms with Crippen LogP contribution in [0, 0.1) is 0 Å². The van der Waals surface area contributed by atoms with Crippen molar-refractivity contribution >= 4 is 5.82 Å². The largest absolute Gasteiger partial charge is 0.377 e. The molecule has 0 spiro atoms. The Labute approximate surface area is 123 Å². The molecule has 0 radical (unpaired) electrons. The molecule has 1 N–H and O–H groups in total. The Bertz CT molecular complexity index is 399. The first-order chi connectivity index (χ1) is 9.29. The third-order valence-electron chi connectivity index (χ3n) is 2.92. The van der Waals surface area contributed by atoms with E-state index < -0.39 is 0 Å². The van der Waals surface area contributed by atoms with Crippen LogP contribution in [-0.4, -0.2) is 36.8 Å². The van der Waals surface area contributed by atoms with E-state index in [-0.39, 0.29) is 11.6 Å². The lowest BCUT2D eigenvalue weighted by Crippen LogP contribution is -2.36. The third-order valence-corrected chi connectivity index (χ3v) is 2.92. The second-order valence-electron chi connectivity index (χ2n) is 6.43. The van der Waals surface area contributed by atoms with E-state index in [4.69, 9.17) is 4.74 Å². The van der Waals surface area contributed by atoms with Crippen molar-refractivity contribution < 1.29 is 4.74 Å². The molecule has 1 aromatic rings. The highest BCUT2D eigenvalue weighted by atomic mass is 16.5. The average Bonchev–Trinajstić information content (AvgIpc) is 2.35. The minimum atomic E-state index is 0.104. The zero-order chi connectivity index (χ0) is 15.2. The van der Waals surface area contributed by atoms with Crippen LogP contribution in [0.2, 0.25) is 0 Å². The maximum atomic E-state index is 5.60. The van der Waals surface area contributed by atoms with Crippen LogP contribution in [0.3, 0.4) is 0 Å². The lowest BCUT2D eigenvalue weighted by molar-refractivity contribution is 0.0845. The van der Waals surface area contributed by atoms with E-state index in [1.807, 2.05) is 12.3 Å². The van der Waals surface area contributed by atoms with Crippen molar-refractivity contribution in [3.05, 3.63) is 23.9 Å². The Hall–Kier alpha value is -1.13. The molecule has 0 atom stereocenters. The summed E-state index contributed by atoms with van der Waals surface area (Å²) in [7, 11) is 2.06. The monoisotopic (exact) mass is 279 g/mol. The highest BCUT2D eigenvalue weighted by molar-refractivity contribution is 5.45. The molecule has 0 fully saturated rings. The number of hydrogen-bond acceptors (Lipinski definition) is 4. The second kappa shape index (κ2) is 7.60. The molecular weight excluding hydrogens is 250 g/mol. The summed E-state index contributed by atoms with van der Waals surface area (Å²) in [6, 6.07) is 4.11. The molecule has 0 amide bonds. The Morgan fingerprint density at radius 1 is 1.35 bits per heavy atom. The summed E-state index contributed by atoms with van der Waals surface area (Å²) >= 11 is 0. The van der Waals surface area contributed by atoms with Gasteiger partial charge in [0.1, 0.15) is 5.82 Å². The summed E-state index contributed by atoms with van der Waals surface area (Å²) in [5, 5.41) is 3.51. The summed E-state index contributed by atoms with van der Waals surface area (Å²) in [5.41, 5.74) is 1.32. The Morgan fingerprint density at radius 2 is 2.05 bits per heavy atom. The quantitative estimate of drug-likeness (QED) is 0.833. The van der Waals surface area contributed by atoms with Gasteiger partial charge in [-0.15, -0.1) is 0 Å². The molecule has 0 unspecified atom stereocenters. The van der Waals surface area contributed by atoms with Crippen LogP contribution in [0.5, 0.6) is 0 Å². The highest BCUT2D eigenvalue weighted by Gasteiger charge is 2.13. The van der Waals surface area contributed by atoms with E-state index in [1.54, 1.807) is 0 Å². The molecule has 0 aliphatic carbocycles. The molecule has 114 valence electrons. The fourth-order valence-corrected chi connectivity index (χ4v) is 1.80. The Morgan fingerprint density at radius 3 is 2.65 bits per heavy atom. The van der Waals surface area contributed by atoms with Gasteiger partial charge in [-0.3, -0.25) is 0 Å². The Balaban J connectivity index is 2.64. The summed E-state index contributed by atoms with van der Waals surface area (Å²) in [6.07, 6.45) is 2.12. The number of rotatable bonds is 7. The SMILES string of the molecule is CC(C)OCCN(C)c1ncccc1CNC(C)(C)C. The molecule has 0 aliphatic rings. The summed E-state index contributed by atoms with van der Waals surface area (Å²) in [5.74, 6) is 1.02. The van der Waals surface area contributed by atoms with E-state index in [0.29, 0.717) is 0 Å². The molecule has 0 aromatic carbocycles. The van der Waals surface area contributed by atoms with Crippen molar-refractivity contribution in [1.29, 1.82) is 0 Å². The van der Waals surface area contributed by atoms with Crippen molar-refractivity contribution in [2.75, 3.05) is 25.1 Å². The first-order valence-electron chi connectivity index (χ1n) is 7.31. The minimum absolute atomic E-state index is 0.104. The number of aromatic nitrogens is 1. The normalized spacial score (nSPS) is 11.9. The van der Waals surface area contributed by atoms with Crippen molar-refractivity contribution in [2.24, 2.45) is 0 Å². The number of hydrogen-bond donors (Lipinski definition) is 1. The number of ether oxygens (including phenoxy) is 1. The van der Waals surface area contributed by atoms with E-state index >= 15 is 0 Å². The number of pyridine rings is 1. The van der Waals surface area contributed by atoms with Crippen LogP contribution in [0.15, 0.2) is 18.3 Å². The van der Waals surface area contributed by atoms with E-state index in [9.17, 15) is 0 Å². The fourth-order valence-electron chi connectivity index (χ4n) is 1.80. The van der Waals surface area contributed by atoms with Crippen molar-refractivity contribution in [3.8, 4) is 0 Å². The first-order valence-corrected chi connectivity index (χ1v) is 7.31. The number of nitrogens with zero attached hydrogens (tertiary/aromatic N) is 2. The molecule has 0 bridgehead atoms. The number of nitrogens with one attached hydrogen (secondary N) is 1. The predicted octanol–water partition coefficient (Wildman–Crippen LogP) is 2.83. The minimum Gasteiger partial charge on any atom is -0.377 e. The van der Waals surface area contributed by atoms with Gasteiger partial charge in [-0.2, -0.15) is 0 Å². The summed E-state index contributed by atoms with van der Waals surface area (Å²) in [4.78, 5) is 6.66. The number of anilines is 1.